The second-order valence-corrected chi connectivity index (χ2v) is 14.5. The number of fused-ring (bicyclic) bond motifs is 1. The first-order chi connectivity index (χ1) is 21.2. The number of benzene rings is 2. The minimum atomic E-state index is -2.59. The fourth-order valence-electron chi connectivity index (χ4n) is 5.59. The third-order valence-electron chi connectivity index (χ3n) is 9.03. The molecule has 1 amide bonds. The lowest BCUT2D eigenvalue weighted by Gasteiger charge is -2.32. The molecule has 2 aliphatic rings. The van der Waals surface area contributed by atoms with Crippen molar-refractivity contribution in [2.24, 2.45) is 11.7 Å². The van der Waals surface area contributed by atoms with Crippen molar-refractivity contribution in [3.63, 3.8) is 0 Å². The van der Waals surface area contributed by atoms with Gasteiger partial charge in [0.2, 0.25) is 0 Å². The summed E-state index contributed by atoms with van der Waals surface area (Å²) in [6.07, 6.45) is 4.88. The van der Waals surface area contributed by atoms with Crippen molar-refractivity contribution in [1.82, 2.24) is 9.61 Å². The topological polar surface area (TPSA) is 122 Å². The second kappa shape index (κ2) is 12.0. The van der Waals surface area contributed by atoms with E-state index in [-0.39, 0.29) is 12.1 Å². The molecule has 2 aromatic heterocycles. The van der Waals surface area contributed by atoms with Crippen LogP contribution in [0.5, 0.6) is 0 Å². The number of carbonyl (C=O) groups is 1. The molecule has 13 heteroatoms. The maximum Gasteiger partial charge on any atom is 0.496 e. The number of pyridine rings is 1. The van der Waals surface area contributed by atoms with Crippen LogP contribution >= 0.6 is 23.2 Å². The molecule has 236 valence electrons. The van der Waals surface area contributed by atoms with E-state index in [0.717, 1.165) is 29.4 Å². The monoisotopic (exact) mass is 667 g/mol. The van der Waals surface area contributed by atoms with Crippen LogP contribution < -0.4 is 15.5 Å². The Labute approximate surface area is 275 Å². The van der Waals surface area contributed by atoms with Crippen molar-refractivity contribution >= 4 is 64.2 Å². The number of rotatable bonds is 10. The molecule has 2 aromatic carbocycles. The number of anilines is 1. The molecule has 3 heterocycles. The van der Waals surface area contributed by atoms with E-state index < -0.39 is 35.5 Å². The maximum absolute atomic E-state index is 12.7. The summed E-state index contributed by atoms with van der Waals surface area (Å²) in [6, 6.07) is 14.4. The van der Waals surface area contributed by atoms with Crippen LogP contribution in [0.4, 0.5) is 5.69 Å². The van der Waals surface area contributed by atoms with E-state index in [0.29, 0.717) is 51.3 Å². The van der Waals surface area contributed by atoms with Gasteiger partial charge in [0.05, 0.1) is 34.2 Å². The van der Waals surface area contributed by atoms with E-state index in [1.165, 1.54) is 8.82 Å². The summed E-state index contributed by atoms with van der Waals surface area (Å²) in [7, 11) is -0.601. The zero-order chi connectivity index (χ0) is 32.3. The van der Waals surface area contributed by atoms with Gasteiger partial charge in [0.15, 0.2) is 0 Å². The predicted molar refractivity (Wildman–Crippen MR) is 178 cm³/mol. The number of amides is 1. The van der Waals surface area contributed by atoms with Gasteiger partial charge in [-0.1, -0.05) is 47.5 Å². The smallest absolute Gasteiger partial charge is 0.496 e. The van der Waals surface area contributed by atoms with E-state index >= 15 is 0 Å². The Morgan fingerprint density at radius 1 is 1.11 bits per heavy atom. The average molecular weight is 668 g/mol. The minimum absolute atomic E-state index is 0.166. The van der Waals surface area contributed by atoms with E-state index in [1.807, 2.05) is 52.0 Å². The lowest BCUT2D eigenvalue weighted by molar-refractivity contribution is 0.00578. The van der Waals surface area contributed by atoms with Crippen LogP contribution in [0.1, 0.15) is 62.0 Å². The predicted octanol–water partition coefficient (Wildman–Crippen LogP) is 5.50. The van der Waals surface area contributed by atoms with Gasteiger partial charge in [0.1, 0.15) is 5.69 Å². The standard InChI is InChI=1S/C32H35BCl2N4O5S/c1-31(2)32(3,4)44-33(43-31)24-12-7-20(16-25(24)35)13-14-39(45(41)42)27-18-38-26(17-22(27)15-19-5-6-19)28(30(36)40)29(37-38)21-8-10-23(34)11-9-21/h7-12,16-19H,5-6,13-15H2,1-4H3,(H2,36,40)(H,41,42)/p-1. The molecule has 2 N–H and O–H groups in total. The van der Waals surface area contributed by atoms with Gasteiger partial charge in [0, 0.05) is 38.9 Å². The van der Waals surface area contributed by atoms with E-state index in [9.17, 15) is 13.6 Å². The Kier molecular flexibility index (Phi) is 8.56. The van der Waals surface area contributed by atoms with Gasteiger partial charge in [-0.3, -0.25) is 9.00 Å². The molecule has 45 heavy (non-hydrogen) atoms. The molecule has 1 aliphatic heterocycles. The molecule has 1 saturated carbocycles. The first kappa shape index (κ1) is 32.0. The van der Waals surface area contributed by atoms with Gasteiger partial charge < -0.3 is 23.9 Å². The first-order valence-electron chi connectivity index (χ1n) is 14.9. The number of nitrogens with two attached hydrogens (primary N) is 1. The Morgan fingerprint density at radius 3 is 2.36 bits per heavy atom. The summed E-state index contributed by atoms with van der Waals surface area (Å²) in [5, 5.41) is 5.71. The Morgan fingerprint density at radius 2 is 1.78 bits per heavy atom. The van der Waals surface area contributed by atoms with Gasteiger partial charge in [-0.05, 0) is 94.7 Å². The van der Waals surface area contributed by atoms with Crippen LogP contribution in [0.25, 0.3) is 16.8 Å². The zero-order valence-electron chi connectivity index (χ0n) is 25.5. The third-order valence-corrected chi connectivity index (χ3v) is 10.3. The zero-order valence-corrected chi connectivity index (χ0v) is 27.8. The number of hydrogen-bond acceptors (Lipinski definition) is 6. The lowest BCUT2D eigenvalue weighted by Crippen LogP contribution is -2.41. The van der Waals surface area contributed by atoms with Crippen LogP contribution in [-0.4, -0.2) is 49.1 Å². The van der Waals surface area contributed by atoms with E-state index in [1.54, 1.807) is 30.5 Å². The number of primary amides is 1. The maximum atomic E-state index is 12.7. The van der Waals surface area contributed by atoms with Crippen LogP contribution in [0.15, 0.2) is 54.7 Å². The van der Waals surface area contributed by atoms with E-state index in [2.05, 4.69) is 5.10 Å². The quantitative estimate of drug-likeness (QED) is 0.176. The molecule has 1 atom stereocenters. The summed E-state index contributed by atoms with van der Waals surface area (Å²) in [6.45, 7) is 8.10. The molecule has 0 bridgehead atoms. The van der Waals surface area contributed by atoms with Crippen LogP contribution in [0.3, 0.4) is 0 Å². The summed E-state index contributed by atoms with van der Waals surface area (Å²) in [5.41, 5.74) is 9.62. The molecular weight excluding hydrogens is 634 g/mol. The minimum Gasteiger partial charge on any atom is -0.755 e. The van der Waals surface area contributed by atoms with Gasteiger partial charge in [-0.2, -0.15) is 5.10 Å². The van der Waals surface area contributed by atoms with Gasteiger partial charge >= 0.3 is 7.12 Å². The van der Waals surface area contributed by atoms with Crippen molar-refractivity contribution in [3.05, 3.63) is 81.5 Å². The summed E-state index contributed by atoms with van der Waals surface area (Å²) in [4.78, 5) is 12.7. The van der Waals surface area contributed by atoms with Crippen molar-refractivity contribution in [2.45, 2.75) is 64.6 Å². The van der Waals surface area contributed by atoms with Crippen LogP contribution in [0, 0.1) is 5.92 Å². The SMILES string of the molecule is CC1(C)OB(c2ccc(CCN(c3cn4nc(-c5ccc(Cl)cc5)c(C(N)=O)c4cc3CC3CC3)S(=O)[O-])cc2Cl)OC1(C)C. The molecule has 0 radical (unpaired) electrons. The molecule has 1 aliphatic carbocycles. The van der Waals surface area contributed by atoms with Crippen molar-refractivity contribution in [2.75, 3.05) is 10.8 Å². The second-order valence-electron chi connectivity index (χ2n) is 12.8. The highest BCUT2D eigenvalue weighted by Gasteiger charge is 2.52. The Bertz CT molecular complexity index is 1790. The average Bonchev–Trinajstić information content (AvgIpc) is 3.64. The third kappa shape index (κ3) is 6.39. The summed E-state index contributed by atoms with van der Waals surface area (Å²) >= 11 is 10.2. The normalized spacial score (nSPS) is 18.0. The highest BCUT2D eigenvalue weighted by molar-refractivity contribution is 7.80. The fraction of sp³-hybridized carbons (Fsp3) is 0.375. The molecule has 0 spiro atoms. The largest absolute Gasteiger partial charge is 0.755 e. The molecule has 6 rings (SSSR count). The molecule has 9 nitrogen and oxygen atoms in total. The van der Waals surface area contributed by atoms with Crippen LogP contribution in [-0.2, 0) is 33.4 Å². The molecule has 4 aromatic rings. The number of aromatic nitrogens is 2. The van der Waals surface area contributed by atoms with Gasteiger partial charge in [-0.15, -0.1) is 0 Å². The van der Waals surface area contributed by atoms with Crippen molar-refractivity contribution in [3.8, 4) is 11.3 Å². The van der Waals surface area contributed by atoms with Crippen molar-refractivity contribution < 1.29 is 22.9 Å². The summed E-state index contributed by atoms with van der Waals surface area (Å²) in [5.74, 6) is -0.171. The Balaban J connectivity index is 1.32. The van der Waals surface area contributed by atoms with E-state index in [4.69, 9.17) is 38.2 Å². The molecule has 1 saturated heterocycles. The lowest BCUT2D eigenvalue weighted by atomic mass is 9.78. The summed E-state index contributed by atoms with van der Waals surface area (Å²) < 4.78 is 40.6. The highest BCUT2D eigenvalue weighted by Crippen LogP contribution is 2.39. The van der Waals surface area contributed by atoms with Gasteiger partial charge in [-0.25, -0.2) is 4.52 Å². The number of hydrogen-bond donors (Lipinski definition) is 1. The molecular formula is C32H34BCl2N4O5S-. The fourth-order valence-corrected chi connectivity index (χ4v) is 6.57. The Hall–Kier alpha value is -2.93. The number of halogens is 2. The first-order valence-corrected chi connectivity index (χ1v) is 16.6. The van der Waals surface area contributed by atoms with Crippen LogP contribution in [0.2, 0.25) is 10.0 Å². The van der Waals surface area contributed by atoms with Crippen molar-refractivity contribution in [1.29, 1.82) is 0 Å². The number of carbonyl (C=O) groups excluding carboxylic acids is 1. The molecule has 1 unspecified atom stereocenters. The molecule has 2 fully saturated rings. The van der Waals surface area contributed by atoms with Gasteiger partial charge in [0.25, 0.3) is 5.91 Å². The highest BCUT2D eigenvalue weighted by atomic mass is 35.5. The number of nitrogens with zero attached hydrogens (tertiary/aromatic N) is 3.